The molecule has 0 spiro atoms. The second-order valence-electron chi connectivity index (χ2n) is 4.10. The van der Waals surface area contributed by atoms with Crippen molar-refractivity contribution >= 4 is 17.3 Å². The molecule has 8 nitrogen and oxygen atoms in total. The van der Waals surface area contributed by atoms with Crippen LogP contribution in [-0.4, -0.2) is 38.3 Å². The van der Waals surface area contributed by atoms with Gasteiger partial charge in [-0.05, 0) is 0 Å². The van der Waals surface area contributed by atoms with Crippen molar-refractivity contribution in [2.45, 2.75) is 13.1 Å². The Bertz CT molecular complexity index is 638. The first-order valence-electron chi connectivity index (χ1n) is 5.94. The molecule has 0 aromatic carbocycles. The van der Waals surface area contributed by atoms with Crippen LogP contribution in [0.5, 0.6) is 0 Å². The molecule has 0 bridgehead atoms. The Labute approximate surface area is 120 Å². The monoisotopic (exact) mass is 298 g/mol. The van der Waals surface area contributed by atoms with Gasteiger partial charge in [-0.1, -0.05) is 11.6 Å². The van der Waals surface area contributed by atoms with E-state index in [1.165, 1.54) is 10.9 Å². The van der Waals surface area contributed by atoms with Crippen molar-refractivity contribution in [3.05, 3.63) is 33.7 Å². The zero-order valence-corrected chi connectivity index (χ0v) is 12.0. The van der Waals surface area contributed by atoms with Gasteiger partial charge in [-0.2, -0.15) is 5.10 Å². The maximum atomic E-state index is 12.0. The quantitative estimate of drug-likeness (QED) is 0.824. The van der Waals surface area contributed by atoms with Crippen LogP contribution in [0.3, 0.4) is 0 Å². The lowest BCUT2D eigenvalue weighted by atomic mass is 10.4. The molecule has 0 aliphatic rings. The van der Waals surface area contributed by atoms with Crippen molar-refractivity contribution in [1.29, 1.82) is 0 Å². The molecule has 9 heteroatoms. The lowest BCUT2D eigenvalue weighted by Crippen LogP contribution is -2.26. The molecule has 2 aromatic rings. The van der Waals surface area contributed by atoms with E-state index >= 15 is 0 Å². The highest BCUT2D eigenvalue weighted by molar-refractivity contribution is 6.32. The number of methoxy groups -OCH3 is 1. The minimum atomic E-state index is -0.355. The Balaban J connectivity index is 2.11. The number of hydrogen-bond acceptors (Lipinski definition) is 6. The number of nitrogens with one attached hydrogen (secondary N) is 1. The van der Waals surface area contributed by atoms with E-state index in [1.807, 2.05) is 7.05 Å². The molecule has 1 N–H and O–H groups in total. The third kappa shape index (κ3) is 3.14. The Morgan fingerprint density at radius 2 is 2.30 bits per heavy atom. The SMILES string of the molecule is COCCn1ncc(NCc2nncn2C)c(Cl)c1=O. The average molecular weight is 299 g/mol. The number of aromatic nitrogens is 5. The normalized spacial score (nSPS) is 10.8. The summed E-state index contributed by atoms with van der Waals surface area (Å²) in [5, 5.41) is 14.8. The standard InChI is InChI=1S/C11H15ClN6O2/c1-17-7-14-16-9(17)6-13-8-5-15-18(3-4-20-2)11(19)10(8)12/h5,7,13H,3-4,6H2,1-2H3. The molecule has 0 saturated heterocycles. The van der Waals surface area contributed by atoms with Crippen LogP contribution >= 0.6 is 11.6 Å². The van der Waals surface area contributed by atoms with E-state index in [4.69, 9.17) is 16.3 Å². The summed E-state index contributed by atoms with van der Waals surface area (Å²) in [6, 6.07) is 0. The van der Waals surface area contributed by atoms with E-state index in [9.17, 15) is 4.79 Å². The van der Waals surface area contributed by atoms with Gasteiger partial charge < -0.3 is 14.6 Å². The Morgan fingerprint density at radius 3 is 2.95 bits per heavy atom. The number of ether oxygens (including phenoxy) is 1. The minimum absolute atomic E-state index is 0.0956. The van der Waals surface area contributed by atoms with Crippen molar-refractivity contribution in [1.82, 2.24) is 24.5 Å². The molecule has 0 unspecified atom stereocenters. The molecule has 20 heavy (non-hydrogen) atoms. The third-order valence-electron chi connectivity index (χ3n) is 2.73. The van der Waals surface area contributed by atoms with Crippen LogP contribution in [0.4, 0.5) is 5.69 Å². The Kier molecular flexibility index (Phi) is 4.70. The van der Waals surface area contributed by atoms with E-state index < -0.39 is 0 Å². The average Bonchev–Trinajstić information content (AvgIpc) is 2.85. The van der Waals surface area contributed by atoms with Gasteiger partial charge in [0.2, 0.25) is 0 Å². The van der Waals surface area contributed by atoms with Gasteiger partial charge in [0.25, 0.3) is 5.56 Å². The number of rotatable bonds is 6. The third-order valence-corrected chi connectivity index (χ3v) is 3.10. The van der Waals surface area contributed by atoms with Crippen LogP contribution in [0.25, 0.3) is 0 Å². The smallest absolute Gasteiger partial charge is 0.287 e. The fraction of sp³-hybridized carbons (Fsp3) is 0.455. The molecule has 108 valence electrons. The predicted molar refractivity (Wildman–Crippen MR) is 73.7 cm³/mol. The summed E-state index contributed by atoms with van der Waals surface area (Å²) in [5.41, 5.74) is 0.111. The Hall–Kier alpha value is -1.93. The molecule has 0 aliphatic heterocycles. The highest BCUT2D eigenvalue weighted by Crippen LogP contribution is 2.15. The molecule has 0 radical (unpaired) electrons. The molecule has 2 rings (SSSR count). The van der Waals surface area contributed by atoms with Crippen LogP contribution in [0.15, 0.2) is 17.3 Å². The maximum Gasteiger partial charge on any atom is 0.287 e. The van der Waals surface area contributed by atoms with Crippen molar-refractivity contribution in [3.8, 4) is 0 Å². The zero-order chi connectivity index (χ0) is 14.5. The first-order valence-corrected chi connectivity index (χ1v) is 6.32. The van der Waals surface area contributed by atoms with Gasteiger partial charge in [0.05, 0.1) is 31.6 Å². The van der Waals surface area contributed by atoms with Crippen LogP contribution < -0.4 is 10.9 Å². The zero-order valence-electron chi connectivity index (χ0n) is 11.2. The van der Waals surface area contributed by atoms with E-state index in [2.05, 4.69) is 20.6 Å². The van der Waals surface area contributed by atoms with Gasteiger partial charge >= 0.3 is 0 Å². The van der Waals surface area contributed by atoms with Gasteiger partial charge in [-0.3, -0.25) is 4.79 Å². The van der Waals surface area contributed by atoms with Crippen molar-refractivity contribution in [2.75, 3.05) is 19.0 Å². The van der Waals surface area contributed by atoms with Crippen molar-refractivity contribution < 1.29 is 4.74 Å². The lowest BCUT2D eigenvalue weighted by Gasteiger charge is -2.09. The van der Waals surface area contributed by atoms with E-state index in [1.54, 1.807) is 18.0 Å². The largest absolute Gasteiger partial charge is 0.383 e. The van der Waals surface area contributed by atoms with E-state index in [-0.39, 0.29) is 10.6 Å². The summed E-state index contributed by atoms with van der Waals surface area (Å²) in [6.45, 7) is 1.16. The number of hydrogen-bond donors (Lipinski definition) is 1. The van der Waals surface area contributed by atoms with Crippen LogP contribution in [0.1, 0.15) is 5.82 Å². The molecule has 0 aliphatic carbocycles. The van der Waals surface area contributed by atoms with Crippen LogP contribution in [-0.2, 0) is 24.9 Å². The maximum absolute atomic E-state index is 12.0. The number of aryl methyl sites for hydroxylation is 1. The van der Waals surface area contributed by atoms with Crippen molar-refractivity contribution in [3.63, 3.8) is 0 Å². The van der Waals surface area contributed by atoms with Gasteiger partial charge in [0.1, 0.15) is 11.3 Å². The van der Waals surface area contributed by atoms with Crippen LogP contribution in [0.2, 0.25) is 5.02 Å². The minimum Gasteiger partial charge on any atom is -0.383 e. The van der Waals surface area contributed by atoms with E-state index in [0.717, 1.165) is 5.82 Å². The van der Waals surface area contributed by atoms with Gasteiger partial charge in [0, 0.05) is 14.2 Å². The molecule has 2 heterocycles. The topological polar surface area (TPSA) is 86.9 Å². The van der Waals surface area contributed by atoms with Gasteiger partial charge in [0.15, 0.2) is 5.82 Å². The predicted octanol–water partition coefficient (Wildman–Crippen LogP) is 0.284. The summed E-state index contributed by atoms with van der Waals surface area (Å²) in [4.78, 5) is 12.0. The summed E-state index contributed by atoms with van der Waals surface area (Å²) in [6.07, 6.45) is 3.11. The van der Waals surface area contributed by atoms with Crippen molar-refractivity contribution in [2.24, 2.45) is 7.05 Å². The molecule has 0 saturated carbocycles. The second kappa shape index (κ2) is 6.49. The molecular weight excluding hydrogens is 284 g/mol. The molecule has 0 atom stereocenters. The summed E-state index contributed by atoms with van der Waals surface area (Å²) in [7, 11) is 3.39. The number of halogens is 1. The molecular formula is C11H15ClN6O2. The molecule has 0 fully saturated rings. The first-order chi connectivity index (χ1) is 9.63. The summed E-state index contributed by atoms with van der Waals surface area (Å²) >= 11 is 6.04. The Morgan fingerprint density at radius 1 is 1.50 bits per heavy atom. The van der Waals surface area contributed by atoms with Crippen LogP contribution in [0, 0.1) is 0 Å². The second-order valence-corrected chi connectivity index (χ2v) is 4.48. The van der Waals surface area contributed by atoms with Gasteiger partial charge in [-0.25, -0.2) is 4.68 Å². The number of nitrogens with zero attached hydrogens (tertiary/aromatic N) is 5. The first kappa shape index (κ1) is 14.5. The summed E-state index contributed by atoms with van der Waals surface area (Å²) < 4.78 is 7.94. The molecule has 0 amide bonds. The highest BCUT2D eigenvalue weighted by Gasteiger charge is 2.10. The van der Waals surface area contributed by atoms with E-state index in [0.29, 0.717) is 25.4 Å². The number of anilines is 1. The van der Waals surface area contributed by atoms with Gasteiger partial charge in [-0.15, -0.1) is 10.2 Å². The molecule has 2 aromatic heterocycles. The fourth-order valence-electron chi connectivity index (χ4n) is 1.57. The summed E-state index contributed by atoms with van der Waals surface area (Å²) in [5.74, 6) is 0.727. The highest BCUT2D eigenvalue weighted by atomic mass is 35.5. The fourth-order valence-corrected chi connectivity index (χ4v) is 1.78. The lowest BCUT2D eigenvalue weighted by molar-refractivity contribution is 0.182.